The molecule has 2 aromatic carbocycles. The Balaban J connectivity index is 1.52. The van der Waals surface area contributed by atoms with Gasteiger partial charge in [0.1, 0.15) is 0 Å². The van der Waals surface area contributed by atoms with Crippen molar-refractivity contribution in [1.82, 2.24) is 4.90 Å². The Hall–Kier alpha value is -1.71. The smallest absolute Gasteiger partial charge is 0.161 e. The van der Waals surface area contributed by atoms with E-state index in [9.17, 15) is 0 Å². The number of para-hydroxylation sites is 1. The number of piperazine rings is 1. The summed E-state index contributed by atoms with van der Waals surface area (Å²) in [5.41, 5.74) is 2.54. The fourth-order valence-corrected chi connectivity index (χ4v) is 3.86. The summed E-state index contributed by atoms with van der Waals surface area (Å²) >= 11 is 6.32. The van der Waals surface area contributed by atoms with Gasteiger partial charge < -0.3 is 9.64 Å². The molecule has 1 saturated heterocycles. The van der Waals surface area contributed by atoms with Gasteiger partial charge in [-0.1, -0.05) is 48.0 Å². The first-order valence-electron chi connectivity index (χ1n) is 8.25. The molecule has 0 aromatic heterocycles. The van der Waals surface area contributed by atoms with Gasteiger partial charge in [-0.25, -0.2) is 0 Å². The maximum absolute atomic E-state index is 6.32. The summed E-state index contributed by atoms with van der Waals surface area (Å²) in [5, 5.41) is 0.717. The number of nitrogens with zero attached hydrogens (tertiary/aromatic N) is 2. The lowest BCUT2D eigenvalue weighted by Crippen LogP contribution is -2.52. The van der Waals surface area contributed by atoms with Crippen molar-refractivity contribution in [2.75, 3.05) is 31.1 Å². The highest BCUT2D eigenvalue weighted by Gasteiger charge is 2.31. The first kappa shape index (κ1) is 14.9. The molecule has 1 atom stereocenters. The molecule has 0 aliphatic carbocycles. The Morgan fingerprint density at radius 3 is 2.78 bits per heavy atom. The van der Waals surface area contributed by atoms with Gasteiger partial charge in [0.2, 0.25) is 0 Å². The molecule has 2 aliphatic heterocycles. The van der Waals surface area contributed by atoms with E-state index in [1.165, 1.54) is 5.56 Å². The molecule has 2 heterocycles. The van der Waals surface area contributed by atoms with Crippen LogP contribution in [0.4, 0.5) is 5.69 Å². The van der Waals surface area contributed by atoms with E-state index in [4.69, 9.17) is 16.3 Å². The van der Waals surface area contributed by atoms with Crippen LogP contribution in [0, 0.1) is 0 Å². The van der Waals surface area contributed by atoms with Crippen molar-refractivity contribution in [1.29, 1.82) is 0 Å². The number of ether oxygens (including phenoxy) is 1. The minimum absolute atomic E-state index is 0.493. The molecule has 0 bridgehead atoms. The zero-order valence-corrected chi connectivity index (χ0v) is 13.9. The third kappa shape index (κ3) is 3.04. The first-order chi connectivity index (χ1) is 11.3. The van der Waals surface area contributed by atoms with Gasteiger partial charge in [0.05, 0.1) is 17.3 Å². The summed E-state index contributed by atoms with van der Waals surface area (Å²) in [6.45, 7) is 4.92. The fraction of sp³-hybridized carbons (Fsp3) is 0.368. The van der Waals surface area contributed by atoms with E-state index in [1.807, 2.05) is 12.1 Å². The lowest BCUT2D eigenvalue weighted by molar-refractivity contribution is 0.202. The van der Waals surface area contributed by atoms with Gasteiger partial charge in [0.25, 0.3) is 0 Å². The van der Waals surface area contributed by atoms with Crippen molar-refractivity contribution < 1.29 is 4.74 Å². The van der Waals surface area contributed by atoms with Crippen molar-refractivity contribution in [2.45, 2.75) is 19.0 Å². The topological polar surface area (TPSA) is 15.7 Å². The van der Waals surface area contributed by atoms with Gasteiger partial charge in [-0.15, -0.1) is 0 Å². The maximum Gasteiger partial charge on any atom is 0.161 e. The molecular formula is C19H21ClN2O. The number of benzene rings is 2. The summed E-state index contributed by atoms with van der Waals surface area (Å²) in [7, 11) is 0. The molecule has 1 fully saturated rings. The highest BCUT2D eigenvalue weighted by Crippen LogP contribution is 2.39. The second-order valence-electron chi connectivity index (χ2n) is 6.29. The van der Waals surface area contributed by atoms with Crippen LogP contribution in [0.25, 0.3) is 0 Å². The van der Waals surface area contributed by atoms with Crippen LogP contribution in [0.15, 0.2) is 48.5 Å². The fourth-order valence-electron chi connectivity index (χ4n) is 3.63. The normalized spacial score (nSPS) is 21.1. The first-order valence-corrected chi connectivity index (χ1v) is 8.63. The van der Waals surface area contributed by atoms with Crippen LogP contribution >= 0.6 is 11.6 Å². The van der Waals surface area contributed by atoms with E-state index in [1.54, 1.807) is 0 Å². The molecule has 0 radical (unpaired) electrons. The summed E-state index contributed by atoms with van der Waals surface area (Å²) in [5.74, 6) is 0.855. The third-order valence-corrected chi connectivity index (χ3v) is 5.07. The average Bonchev–Trinajstić information content (AvgIpc) is 2.76. The Labute approximate surface area is 142 Å². The van der Waals surface area contributed by atoms with E-state index < -0.39 is 0 Å². The second-order valence-corrected chi connectivity index (χ2v) is 6.70. The van der Waals surface area contributed by atoms with Gasteiger partial charge in [-0.2, -0.15) is 0 Å². The van der Waals surface area contributed by atoms with E-state index in [2.05, 4.69) is 46.2 Å². The highest BCUT2D eigenvalue weighted by molar-refractivity contribution is 6.32. The predicted octanol–water partition coefficient (Wildman–Crippen LogP) is 3.81. The molecule has 0 saturated carbocycles. The minimum atomic E-state index is 0.493. The molecule has 4 heteroatoms. The Morgan fingerprint density at radius 2 is 1.91 bits per heavy atom. The number of hydrogen-bond donors (Lipinski definition) is 0. The highest BCUT2D eigenvalue weighted by atomic mass is 35.5. The van der Waals surface area contributed by atoms with Crippen molar-refractivity contribution in [3.63, 3.8) is 0 Å². The van der Waals surface area contributed by atoms with Gasteiger partial charge >= 0.3 is 0 Å². The molecule has 0 unspecified atom stereocenters. The van der Waals surface area contributed by atoms with Gasteiger partial charge in [-0.05, 0) is 17.7 Å². The summed E-state index contributed by atoms with van der Waals surface area (Å²) < 4.78 is 5.93. The number of fused-ring (bicyclic) bond motifs is 3. The van der Waals surface area contributed by atoms with Gasteiger partial charge in [0, 0.05) is 38.6 Å². The van der Waals surface area contributed by atoms with E-state index in [-0.39, 0.29) is 0 Å². The monoisotopic (exact) mass is 328 g/mol. The molecule has 2 aromatic rings. The van der Waals surface area contributed by atoms with Crippen LogP contribution in [0.1, 0.15) is 12.0 Å². The number of halogens is 1. The molecule has 0 amide bonds. The van der Waals surface area contributed by atoms with Crippen LogP contribution in [0.2, 0.25) is 5.02 Å². The van der Waals surface area contributed by atoms with Crippen LogP contribution in [0.3, 0.4) is 0 Å². The van der Waals surface area contributed by atoms with Crippen LogP contribution < -0.4 is 9.64 Å². The third-order valence-electron chi connectivity index (χ3n) is 4.77. The Morgan fingerprint density at radius 1 is 1.04 bits per heavy atom. The number of rotatable bonds is 2. The quantitative estimate of drug-likeness (QED) is 0.833. The predicted molar refractivity (Wildman–Crippen MR) is 94.4 cm³/mol. The van der Waals surface area contributed by atoms with Crippen LogP contribution in [0.5, 0.6) is 5.75 Å². The standard InChI is InChI=1S/C19H21ClN2O/c20-17-7-4-8-18-19(17)23-12-9-16-14-21(10-11-22(16)18)13-15-5-2-1-3-6-15/h1-8,16H,9-14H2/t16-/m0/s1. The maximum atomic E-state index is 6.32. The van der Waals surface area contributed by atoms with E-state index in [0.717, 1.165) is 55.7 Å². The lowest BCUT2D eigenvalue weighted by atomic mass is 10.1. The minimum Gasteiger partial charge on any atom is -0.490 e. The Bertz CT molecular complexity index is 676. The van der Waals surface area contributed by atoms with Crippen LogP contribution in [-0.2, 0) is 6.54 Å². The number of anilines is 1. The van der Waals surface area contributed by atoms with Gasteiger partial charge in [0.15, 0.2) is 5.75 Å². The lowest BCUT2D eigenvalue weighted by Gasteiger charge is -2.42. The zero-order valence-electron chi connectivity index (χ0n) is 13.1. The molecule has 120 valence electrons. The van der Waals surface area contributed by atoms with Crippen LogP contribution in [-0.4, -0.2) is 37.2 Å². The summed E-state index contributed by atoms with van der Waals surface area (Å²) in [4.78, 5) is 5.03. The molecular weight excluding hydrogens is 308 g/mol. The molecule has 3 nitrogen and oxygen atoms in total. The molecule has 4 rings (SSSR count). The SMILES string of the molecule is Clc1cccc2c1OCC[C@H]1CN(Cc3ccccc3)CCN21. The van der Waals surface area contributed by atoms with Crippen molar-refractivity contribution in [2.24, 2.45) is 0 Å². The second kappa shape index (κ2) is 6.42. The molecule has 0 spiro atoms. The average molecular weight is 329 g/mol. The summed E-state index contributed by atoms with van der Waals surface area (Å²) in [6, 6.07) is 17.3. The van der Waals surface area contributed by atoms with Crippen molar-refractivity contribution in [3.8, 4) is 5.75 Å². The van der Waals surface area contributed by atoms with E-state index in [0.29, 0.717) is 6.04 Å². The summed E-state index contributed by atoms with van der Waals surface area (Å²) in [6.07, 6.45) is 1.04. The molecule has 2 aliphatic rings. The molecule has 0 N–H and O–H groups in total. The zero-order chi connectivity index (χ0) is 15.6. The largest absolute Gasteiger partial charge is 0.490 e. The number of hydrogen-bond acceptors (Lipinski definition) is 3. The van der Waals surface area contributed by atoms with Crippen molar-refractivity contribution >= 4 is 17.3 Å². The van der Waals surface area contributed by atoms with Gasteiger partial charge in [-0.3, -0.25) is 4.90 Å². The Kier molecular flexibility index (Phi) is 4.15. The van der Waals surface area contributed by atoms with Crippen molar-refractivity contribution in [3.05, 3.63) is 59.1 Å². The molecule has 23 heavy (non-hydrogen) atoms. The van der Waals surface area contributed by atoms with E-state index >= 15 is 0 Å².